The van der Waals surface area contributed by atoms with Gasteiger partial charge in [-0.3, -0.25) is 4.79 Å². The van der Waals surface area contributed by atoms with Crippen molar-refractivity contribution in [1.29, 1.82) is 0 Å². The molecule has 0 aromatic heterocycles. The van der Waals surface area contributed by atoms with Crippen LogP contribution in [-0.2, 0) is 4.79 Å². The normalized spacial score (nSPS) is 10.9. The first-order valence-corrected chi connectivity index (χ1v) is 6.09. The molecule has 0 atom stereocenters. The first kappa shape index (κ1) is 18.1. The number of carboxylic acids is 1. The van der Waals surface area contributed by atoms with Crippen LogP contribution in [0.2, 0.25) is 0 Å². The summed E-state index contributed by atoms with van der Waals surface area (Å²) in [5.41, 5.74) is 0. The van der Waals surface area contributed by atoms with E-state index in [9.17, 15) is 4.79 Å². The summed E-state index contributed by atoms with van der Waals surface area (Å²) in [5.74, 6) is -0.669. The van der Waals surface area contributed by atoms with Gasteiger partial charge >= 0.3 is 5.97 Å². The highest BCUT2D eigenvalue weighted by Gasteiger charge is 2.14. The largest absolute Gasteiger partial charge is 1.00 e. The zero-order valence-electron chi connectivity index (χ0n) is 10.8. The van der Waals surface area contributed by atoms with E-state index >= 15 is 0 Å². The van der Waals surface area contributed by atoms with E-state index in [-0.39, 0.29) is 12.4 Å². The van der Waals surface area contributed by atoms with Crippen LogP contribution in [0.25, 0.3) is 0 Å². The van der Waals surface area contributed by atoms with Crippen molar-refractivity contribution in [3.05, 3.63) is 0 Å². The molecule has 0 aromatic carbocycles. The van der Waals surface area contributed by atoms with Crippen LogP contribution in [0, 0.1) is 0 Å². The third kappa shape index (κ3) is 8.98. The number of hydrogen-bond donors (Lipinski definition) is 1. The first-order valence-electron chi connectivity index (χ1n) is 6.09. The van der Waals surface area contributed by atoms with E-state index in [0.717, 1.165) is 17.3 Å². The van der Waals surface area contributed by atoms with Gasteiger partial charge in [0.2, 0.25) is 0 Å². The molecular weight excluding hydrogens is 226 g/mol. The van der Waals surface area contributed by atoms with Crippen molar-refractivity contribution in [2.24, 2.45) is 0 Å². The van der Waals surface area contributed by atoms with Gasteiger partial charge in [-0.25, -0.2) is 0 Å². The molecule has 0 aliphatic rings. The molecule has 1 N–H and O–H groups in total. The molecule has 4 heteroatoms. The average Bonchev–Trinajstić information content (AvgIpc) is 2.22. The fourth-order valence-corrected chi connectivity index (χ4v) is 1.66. The summed E-state index contributed by atoms with van der Waals surface area (Å²) in [4.78, 5) is 10.3. The Hall–Kier alpha value is -0.280. The summed E-state index contributed by atoms with van der Waals surface area (Å²) < 4.78 is 1.14. The number of quaternary nitrogens is 1. The van der Waals surface area contributed by atoms with Crippen LogP contribution in [-0.4, -0.2) is 42.2 Å². The molecule has 16 heavy (non-hydrogen) atoms. The molecule has 0 rings (SSSR count). The fourth-order valence-electron chi connectivity index (χ4n) is 1.66. The van der Waals surface area contributed by atoms with Gasteiger partial charge in [0.15, 0.2) is 0 Å². The number of unbranched alkanes of at least 4 members (excludes halogenated alkanes) is 3. The Morgan fingerprint density at radius 2 is 1.56 bits per heavy atom. The van der Waals surface area contributed by atoms with Gasteiger partial charge in [0.05, 0.1) is 26.7 Å². The van der Waals surface area contributed by atoms with Crippen LogP contribution in [0.15, 0.2) is 0 Å². The Balaban J connectivity index is 0. The molecular formula is C12H26ClNO2. The summed E-state index contributed by atoms with van der Waals surface area (Å²) in [7, 11) is 2.29. The predicted octanol–water partition coefficient (Wildman–Crippen LogP) is -0.488. The van der Waals surface area contributed by atoms with Crippen LogP contribution in [0.1, 0.15) is 46.0 Å². The van der Waals surface area contributed by atoms with Crippen LogP contribution < -0.4 is 12.4 Å². The Bertz CT molecular complexity index is 182. The maximum atomic E-state index is 10.3. The monoisotopic (exact) mass is 251 g/mol. The Labute approximate surface area is 106 Å². The lowest BCUT2D eigenvalue weighted by Gasteiger charge is -2.32. The average molecular weight is 252 g/mol. The lowest BCUT2D eigenvalue weighted by atomic mass is 10.1. The lowest BCUT2D eigenvalue weighted by Crippen LogP contribution is -3.00. The molecule has 0 bridgehead atoms. The molecule has 0 fully saturated rings. The Kier molecular flexibility index (Phi) is 11.2. The highest BCUT2D eigenvalue weighted by Crippen LogP contribution is 2.08. The van der Waals surface area contributed by atoms with Crippen LogP contribution in [0.4, 0.5) is 0 Å². The second-order valence-corrected chi connectivity index (χ2v) is 4.53. The summed E-state index contributed by atoms with van der Waals surface area (Å²) in [6.45, 7) is 8.05. The molecule has 0 amide bonds. The first-order chi connectivity index (χ1) is 7.04. The van der Waals surface area contributed by atoms with Crippen molar-refractivity contribution < 1.29 is 26.8 Å². The maximum absolute atomic E-state index is 10.3. The molecule has 0 radical (unpaired) electrons. The van der Waals surface area contributed by atoms with Crippen molar-refractivity contribution in [3.8, 4) is 0 Å². The topological polar surface area (TPSA) is 37.3 Å². The van der Waals surface area contributed by atoms with Gasteiger partial charge in [-0.1, -0.05) is 6.42 Å². The molecule has 0 spiro atoms. The third-order valence-electron chi connectivity index (χ3n) is 3.37. The van der Waals surface area contributed by atoms with Gasteiger partial charge in [0, 0.05) is 6.42 Å². The van der Waals surface area contributed by atoms with E-state index in [0.29, 0.717) is 6.42 Å². The van der Waals surface area contributed by atoms with Crippen LogP contribution in [0.5, 0.6) is 0 Å². The van der Waals surface area contributed by atoms with E-state index in [1.165, 1.54) is 32.5 Å². The van der Waals surface area contributed by atoms with E-state index in [1.54, 1.807) is 0 Å². The third-order valence-corrected chi connectivity index (χ3v) is 3.37. The highest BCUT2D eigenvalue weighted by molar-refractivity contribution is 5.66. The van der Waals surface area contributed by atoms with Crippen LogP contribution >= 0.6 is 0 Å². The minimum Gasteiger partial charge on any atom is -1.00 e. The molecule has 3 nitrogen and oxygen atoms in total. The van der Waals surface area contributed by atoms with Gasteiger partial charge in [0.1, 0.15) is 0 Å². The summed E-state index contributed by atoms with van der Waals surface area (Å²) in [5, 5.41) is 8.47. The fraction of sp³-hybridized carbons (Fsp3) is 0.917. The lowest BCUT2D eigenvalue weighted by molar-refractivity contribution is -0.906. The van der Waals surface area contributed by atoms with Gasteiger partial charge in [-0.2, -0.15) is 0 Å². The van der Waals surface area contributed by atoms with Gasteiger partial charge in [-0.05, 0) is 33.1 Å². The quantitative estimate of drug-likeness (QED) is 0.444. The van der Waals surface area contributed by atoms with Gasteiger partial charge < -0.3 is 22.0 Å². The molecule has 98 valence electrons. The minimum atomic E-state index is -0.669. The van der Waals surface area contributed by atoms with Crippen molar-refractivity contribution in [1.82, 2.24) is 0 Å². The molecule has 0 saturated heterocycles. The Morgan fingerprint density at radius 1 is 1.06 bits per heavy atom. The van der Waals surface area contributed by atoms with Crippen molar-refractivity contribution >= 4 is 5.97 Å². The van der Waals surface area contributed by atoms with E-state index in [4.69, 9.17) is 5.11 Å². The minimum absolute atomic E-state index is 0. The SMILES string of the molecule is CC[N+](C)(CC)CCCCCCC(=O)O.[Cl-]. The number of carboxylic acid groups (broad SMARTS) is 1. The Morgan fingerprint density at radius 3 is 2.00 bits per heavy atom. The number of hydrogen-bond acceptors (Lipinski definition) is 1. The second kappa shape index (κ2) is 9.91. The van der Waals surface area contributed by atoms with Gasteiger partial charge in [0.25, 0.3) is 0 Å². The molecule has 0 saturated carbocycles. The molecule has 0 aliphatic heterocycles. The van der Waals surface area contributed by atoms with Crippen LogP contribution in [0.3, 0.4) is 0 Å². The zero-order valence-corrected chi connectivity index (χ0v) is 11.6. The number of halogens is 1. The van der Waals surface area contributed by atoms with Gasteiger partial charge in [-0.15, -0.1) is 0 Å². The molecule has 0 aliphatic carbocycles. The second-order valence-electron chi connectivity index (χ2n) is 4.53. The van der Waals surface area contributed by atoms with Crippen molar-refractivity contribution in [2.75, 3.05) is 26.7 Å². The highest BCUT2D eigenvalue weighted by atomic mass is 35.5. The standard InChI is InChI=1S/C12H25NO2.ClH/c1-4-13(3,5-2)11-9-7-6-8-10-12(14)15;/h4-11H2,1-3H3;1H. The molecule has 0 aromatic rings. The van der Waals surface area contributed by atoms with Crippen molar-refractivity contribution in [2.45, 2.75) is 46.0 Å². The van der Waals surface area contributed by atoms with E-state index in [2.05, 4.69) is 20.9 Å². The summed E-state index contributed by atoms with van der Waals surface area (Å²) in [6.07, 6.45) is 4.60. The smallest absolute Gasteiger partial charge is 0.303 e. The summed E-state index contributed by atoms with van der Waals surface area (Å²) >= 11 is 0. The number of carbonyl (C=O) groups is 1. The molecule has 0 heterocycles. The number of nitrogens with zero attached hydrogens (tertiary/aromatic N) is 1. The summed E-state index contributed by atoms with van der Waals surface area (Å²) in [6, 6.07) is 0. The van der Waals surface area contributed by atoms with E-state index < -0.39 is 5.97 Å². The number of aliphatic carboxylic acids is 1. The maximum Gasteiger partial charge on any atom is 0.303 e. The molecule has 0 unspecified atom stereocenters. The predicted molar refractivity (Wildman–Crippen MR) is 62.9 cm³/mol. The zero-order chi connectivity index (χ0) is 11.7. The van der Waals surface area contributed by atoms with Crippen molar-refractivity contribution in [3.63, 3.8) is 0 Å². The van der Waals surface area contributed by atoms with E-state index in [1.807, 2.05) is 0 Å². The number of rotatable bonds is 9.